The van der Waals surface area contributed by atoms with Gasteiger partial charge in [-0.3, -0.25) is 4.79 Å². The monoisotopic (exact) mass is 343 g/mol. The van der Waals surface area contributed by atoms with E-state index >= 15 is 0 Å². The summed E-state index contributed by atoms with van der Waals surface area (Å²) in [5, 5.41) is 6.47. The molecule has 3 fully saturated rings. The fraction of sp³-hybridized carbons (Fsp3) is 0.944. The summed E-state index contributed by atoms with van der Waals surface area (Å²) < 4.78 is 0. The van der Waals surface area contributed by atoms with Crippen LogP contribution in [0.3, 0.4) is 0 Å². The normalized spacial score (nSPS) is 29.9. The van der Waals surface area contributed by atoms with Crippen LogP contribution in [0.2, 0.25) is 0 Å². The first kappa shape index (κ1) is 19.0. The molecule has 1 amide bonds. The molecule has 2 N–H and O–H groups in total. The Morgan fingerprint density at radius 3 is 2.52 bits per heavy atom. The largest absolute Gasteiger partial charge is 0.354 e. The molecule has 3 aliphatic rings. The Morgan fingerprint density at radius 2 is 1.78 bits per heavy atom. The van der Waals surface area contributed by atoms with Crippen molar-refractivity contribution in [3.8, 4) is 0 Å². The molecule has 23 heavy (non-hydrogen) atoms. The Balaban J connectivity index is 0.00000192. The van der Waals surface area contributed by atoms with Gasteiger partial charge in [0.25, 0.3) is 0 Å². The van der Waals surface area contributed by atoms with Crippen LogP contribution in [0.4, 0.5) is 0 Å². The number of likely N-dealkylation sites (tertiary alicyclic amines) is 1. The van der Waals surface area contributed by atoms with Crippen molar-refractivity contribution in [2.24, 2.45) is 11.8 Å². The standard InChI is InChI=1S/C18H33N3O.ClH/c22-18(17-9-4-10-19-17)20-12-16-8-5-11-21(14-16)13-15-6-2-1-3-7-15;/h15-17,19H,1-14H2,(H,20,22);1H. The highest BCUT2D eigenvalue weighted by molar-refractivity contribution is 5.85. The van der Waals surface area contributed by atoms with Gasteiger partial charge in [0, 0.05) is 19.6 Å². The smallest absolute Gasteiger partial charge is 0.237 e. The molecule has 3 rings (SSSR count). The molecule has 2 unspecified atom stereocenters. The third kappa shape index (κ3) is 5.91. The van der Waals surface area contributed by atoms with Gasteiger partial charge < -0.3 is 15.5 Å². The average molecular weight is 344 g/mol. The van der Waals surface area contributed by atoms with Gasteiger partial charge in [0.15, 0.2) is 0 Å². The van der Waals surface area contributed by atoms with Crippen molar-refractivity contribution < 1.29 is 4.79 Å². The van der Waals surface area contributed by atoms with E-state index < -0.39 is 0 Å². The van der Waals surface area contributed by atoms with E-state index in [1.807, 2.05) is 0 Å². The number of carbonyl (C=O) groups is 1. The summed E-state index contributed by atoms with van der Waals surface area (Å²) in [5.74, 6) is 1.81. The quantitative estimate of drug-likeness (QED) is 0.806. The van der Waals surface area contributed by atoms with Crippen LogP contribution in [-0.2, 0) is 4.79 Å². The lowest BCUT2D eigenvalue weighted by atomic mass is 9.88. The predicted molar refractivity (Wildman–Crippen MR) is 97.0 cm³/mol. The molecule has 2 aliphatic heterocycles. The van der Waals surface area contributed by atoms with Crippen molar-refractivity contribution in [2.45, 2.75) is 63.8 Å². The third-order valence-electron chi connectivity index (χ3n) is 5.79. The molecule has 134 valence electrons. The fourth-order valence-electron chi connectivity index (χ4n) is 4.50. The van der Waals surface area contributed by atoms with Gasteiger partial charge in [-0.2, -0.15) is 0 Å². The van der Waals surface area contributed by atoms with Crippen molar-refractivity contribution in [3.63, 3.8) is 0 Å². The van der Waals surface area contributed by atoms with E-state index in [-0.39, 0.29) is 24.4 Å². The summed E-state index contributed by atoms with van der Waals surface area (Å²) >= 11 is 0. The summed E-state index contributed by atoms with van der Waals surface area (Å²) in [6.07, 6.45) is 11.9. The summed E-state index contributed by atoms with van der Waals surface area (Å²) in [4.78, 5) is 14.8. The number of amides is 1. The molecular weight excluding hydrogens is 310 g/mol. The molecule has 5 heteroatoms. The highest BCUT2D eigenvalue weighted by Crippen LogP contribution is 2.26. The topological polar surface area (TPSA) is 44.4 Å². The van der Waals surface area contributed by atoms with Crippen molar-refractivity contribution in [1.29, 1.82) is 0 Å². The molecule has 0 radical (unpaired) electrons. The number of piperidine rings is 1. The zero-order valence-electron chi connectivity index (χ0n) is 14.4. The molecule has 4 nitrogen and oxygen atoms in total. The Morgan fingerprint density at radius 1 is 1.00 bits per heavy atom. The minimum absolute atomic E-state index is 0. The number of nitrogens with one attached hydrogen (secondary N) is 2. The lowest BCUT2D eigenvalue weighted by Crippen LogP contribution is -2.46. The van der Waals surface area contributed by atoms with Crippen molar-refractivity contribution in [1.82, 2.24) is 15.5 Å². The molecule has 1 aliphatic carbocycles. The van der Waals surface area contributed by atoms with E-state index in [4.69, 9.17) is 0 Å². The van der Waals surface area contributed by atoms with Crippen LogP contribution < -0.4 is 10.6 Å². The van der Waals surface area contributed by atoms with Gasteiger partial charge in [0.05, 0.1) is 6.04 Å². The zero-order chi connectivity index (χ0) is 15.2. The number of hydrogen-bond acceptors (Lipinski definition) is 3. The minimum Gasteiger partial charge on any atom is -0.354 e. The minimum atomic E-state index is 0. The van der Waals surface area contributed by atoms with Crippen LogP contribution >= 0.6 is 12.4 Å². The van der Waals surface area contributed by atoms with Gasteiger partial charge in [-0.05, 0) is 63.5 Å². The highest BCUT2D eigenvalue weighted by atomic mass is 35.5. The summed E-state index contributed by atoms with van der Waals surface area (Å²) in [6.45, 7) is 5.63. The molecule has 2 heterocycles. The Kier molecular flexibility index (Phi) is 8.14. The van der Waals surface area contributed by atoms with Crippen molar-refractivity contribution in [2.75, 3.05) is 32.7 Å². The van der Waals surface area contributed by atoms with Crippen LogP contribution in [0, 0.1) is 11.8 Å². The Labute approximate surface area is 147 Å². The first-order valence-electron chi connectivity index (χ1n) is 9.55. The number of halogens is 1. The average Bonchev–Trinajstić information content (AvgIpc) is 3.08. The van der Waals surface area contributed by atoms with E-state index in [0.29, 0.717) is 5.92 Å². The van der Waals surface area contributed by atoms with Gasteiger partial charge in [-0.15, -0.1) is 12.4 Å². The highest BCUT2D eigenvalue weighted by Gasteiger charge is 2.26. The SMILES string of the molecule is Cl.O=C(NCC1CCCN(CC2CCCCC2)C1)C1CCCN1. The van der Waals surface area contributed by atoms with Gasteiger partial charge in [-0.25, -0.2) is 0 Å². The number of hydrogen-bond donors (Lipinski definition) is 2. The first-order chi connectivity index (χ1) is 10.8. The van der Waals surface area contributed by atoms with E-state index in [9.17, 15) is 4.79 Å². The molecular formula is C18H34ClN3O. The molecule has 1 saturated carbocycles. The Hall–Kier alpha value is -0.320. The molecule has 2 atom stereocenters. The van der Waals surface area contributed by atoms with Crippen LogP contribution in [0.25, 0.3) is 0 Å². The fourth-order valence-corrected chi connectivity index (χ4v) is 4.50. The van der Waals surface area contributed by atoms with Crippen molar-refractivity contribution in [3.05, 3.63) is 0 Å². The van der Waals surface area contributed by atoms with Gasteiger partial charge in [0.1, 0.15) is 0 Å². The molecule has 0 bridgehead atoms. The molecule has 0 spiro atoms. The van der Waals surface area contributed by atoms with Gasteiger partial charge >= 0.3 is 0 Å². The summed E-state index contributed by atoms with van der Waals surface area (Å²) in [5.41, 5.74) is 0. The first-order valence-corrected chi connectivity index (χ1v) is 9.55. The molecule has 0 aromatic rings. The Bertz CT molecular complexity index is 354. The maximum atomic E-state index is 12.1. The van der Waals surface area contributed by atoms with E-state index in [1.165, 1.54) is 64.6 Å². The lowest BCUT2D eigenvalue weighted by molar-refractivity contribution is -0.123. The van der Waals surface area contributed by atoms with Crippen molar-refractivity contribution >= 4 is 18.3 Å². The van der Waals surface area contributed by atoms with Crippen LogP contribution in [0.15, 0.2) is 0 Å². The molecule has 0 aromatic heterocycles. The lowest BCUT2D eigenvalue weighted by Gasteiger charge is -2.36. The maximum absolute atomic E-state index is 12.1. The zero-order valence-corrected chi connectivity index (χ0v) is 15.2. The van der Waals surface area contributed by atoms with E-state index in [1.54, 1.807) is 0 Å². The van der Waals surface area contributed by atoms with E-state index in [0.717, 1.165) is 31.8 Å². The van der Waals surface area contributed by atoms with E-state index in [2.05, 4.69) is 15.5 Å². The second-order valence-electron chi connectivity index (χ2n) is 7.67. The number of nitrogens with zero attached hydrogens (tertiary/aromatic N) is 1. The number of rotatable bonds is 5. The van der Waals surface area contributed by atoms with Gasteiger partial charge in [0.2, 0.25) is 5.91 Å². The molecule has 2 saturated heterocycles. The third-order valence-corrected chi connectivity index (χ3v) is 5.79. The summed E-state index contributed by atoms with van der Waals surface area (Å²) in [6, 6.07) is 0.0712. The van der Waals surface area contributed by atoms with Crippen LogP contribution in [-0.4, -0.2) is 49.6 Å². The molecule has 0 aromatic carbocycles. The van der Waals surface area contributed by atoms with Crippen LogP contribution in [0.1, 0.15) is 57.8 Å². The second-order valence-corrected chi connectivity index (χ2v) is 7.67. The number of carbonyl (C=O) groups excluding carboxylic acids is 1. The second kappa shape index (κ2) is 9.85. The van der Waals surface area contributed by atoms with Gasteiger partial charge in [-0.1, -0.05) is 19.3 Å². The summed E-state index contributed by atoms with van der Waals surface area (Å²) in [7, 11) is 0. The predicted octanol–water partition coefficient (Wildman–Crippen LogP) is 2.57. The van der Waals surface area contributed by atoms with Crippen LogP contribution in [0.5, 0.6) is 0 Å². The maximum Gasteiger partial charge on any atom is 0.237 e.